The fraction of sp³-hybridized carbons (Fsp3) is 0.348. The zero-order valence-corrected chi connectivity index (χ0v) is 17.2. The lowest BCUT2D eigenvalue weighted by Crippen LogP contribution is -2.46. The van der Waals surface area contributed by atoms with E-state index >= 15 is 0 Å². The quantitative estimate of drug-likeness (QED) is 0.657. The normalized spacial score (nSPS) is 16.7. The lowest BCUT2D eigenvalue weighted by Gasteiger charge is -2.31. The second kappa shape index (κ2) is 8.67. The van der Waals surface area contributed by atoms with E-state index < -0.39 is 0 Å². The summed E-state index contributed by atoms with van der Waals surface area (Å²) in [5, 5.41) is 3.73. The van der Waals surface area contributed by atoms with Gasteiger partial charge in [-0.05, 0) is 31.7 Å². The predicted molar refractivity (Wildman–Crippen MR) is 115 cm³/mol. The molecule has 2 aromatic carbocycles. The molecule has 1 aliphatic heterocycles. The molecule has 7 heteroatoms. The van der Waals surface area contributed by atoms with Crippen molar-refractivity contribution in [1.82, 2.24) is 20.2 Å². The summed E-state index contributed by atoms with van der Waals surface area (Å²) in [6.45, 7) is 5.48. The van der Waals surface area contributed by atoms with Crippen molar-refractivity contribution in [3.63, 3.8) is 0 Å². The van der Waals surface area contributed by atoms with Crippen LogP contribution in [0.4, 0.5) is 0 Å². The minimum Gasteiger partial charge on any atom is -0.493 e. The number of hydrogen-bond donors (Lipinski definition) is 2. The highest BCUT2D eigenvalue weighted by Gasteiger charge is 2.27. The van der Waals surface area contributed by atoms with Crippen molar-refractivity contribution >= 4 is 16.8 Å². The number of fused-ring (bicyclic) bond motifs is 2. The number of H-pyrrole nitrogens is 1. The van der Waals surface area contributed by atoms with E-state index in [4.69, 9.17) is 4.74 Å². The molecule has 0 spiro atoms. The number of hydrogen-bond acceptors (Lipinski definition) is 5. The van der Waals surface area contributed by atoms with Crippen LogP contribution in [0.25, 0.3) is 10.9 Å². The van der Waals surface area contributed by atoms with Crippen LogP contribution >= 0.6 is 0 Å². The number of nitrogens with zero attached hydrogens (tertiary/aromatic N) is 2. The lowest BCUT2D eigenvalue weighted by atomic mass is 10.00. The second-order valence-corrected chi connectivity index (χ2v) is 7.50. The number of aromatic nitrogens is 2. The van der Waals surface area contributed by atoms with Crippen LogP contribution < -0.4 is 15.6 Å². The number of rotatable bonds is 6. The number of nitrogens with one attached hydrogen (secondary N) is 2. The first-order valence-corrected chi connectivity index (χ1v) is 10.3. The van der Waals surface area contributed by atoms with Crippen molar-refractivity contribution < 1.29 is 9.53 Å². The van der Waals surface area contributed by atoms with Gasteiger partial charge in [0.05, 0.1) is 36.1 Å². The largest absolute Gasteiger partial charge is 0.493 e. The molecule has 0 saturated heterocycles. The molecule has 3 aromatic rings. The molecule has 156 valence electrons. The molecule has 0 bridgehead atoms. The van der Waals surface area contributed by atoms with Gasteiger partial charge >= 0.3 is 0 Å². The third-order valence-electron chi connectivity index (χ3n) is 5.62. The summed E-state index contributed by atoms with van der Waals surface area (Å²) in [6, 6.07) is 14.6. The SMILES string of the molecule is CCN(Cc1nc2ccccc2c(=O)[nH]1)C(C)C(=O)NC1CCOc2ccccc21. The van der Waals surface area contributed by atoms with Gasteiger partial charge in [-0.2, -0.15) is 0 Å². The first kappa shape index (κ1) is 20.1. The van der Waals surface area contributed by atoms with Gasteiger partial charge in [0, 0.05) is 12.0 Å². The van der Waals surface area contributed by atoms with Crippen molar-refractivity contribution in [3.05, 3.63) is 70.3 Å². The Balaban J connectivity index is 1.48. The van der Waals surface area contributed by atoms with Crippen LogP contribution in [-0.2, 0) is 11.3 Å². The molecule has 30 heavy (non-hydrogen) atoms. The Kier molecular flexibility index (Phi) is 5.81. The van der Waals surface area contributed by atoms with Crippen LogP contribution in [-0.4, -0.2) is 40.0 Å². The second-order valence-electron chi connectivity index (χ2n) is 7.50. The first-order valence-electron chi connectivity index (χ1n) is 10.3. The molecule has 2 unspecified atom stereocenters. The minimum atomic E-state index is -0.373. The number of carbonyl (C=O) groups is 1. The van der Waals surface area contributed by atoms with Gasteiger partial charge in [0.1, 0.15) is 11.6 Å². The maximum Gasteiger partial charge on any atom is 0.258 e. The van der Waals surface area contributed by atoms with Crippen molar-refractivity contribution in [1.29, 1.82) is 0 Å². The standard InChI is InChI=1S/C23H26N4O3/c1-3-27(14-21-24-18-10-6-4-9-17(18)23(29)26-21)15(2)22(28)25-19-12-13-30-20-11-7-5-8-16(19)20/h4-11,15,19H,3,12-14H2,1-2H3,(H,25,28)(H,24,26,29). The third kappa shape index (κ3) is 4.07. The molecule has 1 aromatic heterocycles. The number of ether oxygens (including phenoxy) is 1. The zero-order chi connectivity index (χ0) is 21.1. The number of carbonyl (C=O) groups excluding carboxylic acids is 1. The summed E-state index contributed by atoms with van der Waals surface area (Å²) in [4.78, 5) is 34.8. The number of para-hydroxylation sites is 2. The van der Waals surface area contributed by atoms with Gasteiger partial charge in [0.2, 0.25) is 5.91 Å². The van der Waals surface area contributed by atoms with Gasteiger partial charge < -0.3 is 15.0 Å². The molecule has 1 aliphatic rings. The van der Waals surface area contributed by atoms with Crippen molar-refractivity contribution in [2.24, 2.45) is 0 Å². The van der Waals surface area contributed by atoms with Gasteiger partial charge in [-0.15, -0.1) is 0 Å². The third-order valence-corrected chi connectivity index (χ3v) is 5.62. The summed E-state index contributed by atoms with van der Waals surface area (Å²) < 4.78 is 5.69. The van der Waals surface area contributed by atoms with E-state index in [-0.39, 0.29) is 23.6 Å². The average molecular weight is 406 g/mol. The van der Waals surface area contributed by atoms with Crippen LogP contribution in [0.15, 0.2) is 53.3 Å². The van der Waals surface area contributed by atoms with Crippen LogP contribution in [0.2, 0.25) is 0 Å². The first-order chi connectivity index (χ1) is 14.6. The highest BCUT2D eigenvalue weighted by molar-refractivity contribution is 5.82. The molecule has 7 nitrogen and oxygen atoms in total. The van der Waals surface area contributed by atoms with E-state index in [1.807, 2.05) is 61.2 Å². The predicted octanol–water partition coefficient (Wildman–Crippen LogP) is 2.77. The maximum atomic E-state index is 13.0. The highest BCUT2D eigenvalue weighted by Crippen LogP contribution is 2.31. The molecule has 0 radical (unpaired) electrons. The smallest absolute Gasteiger partial charge is 0.258 e. The molecular weight excluding hydrogens is 380 g/mol. The average Bonchev–Trinajstić information content (AvgIpc) is 2.77. The van der Waals surface area contributed by atoms with Crippen molar-refractivity contribution in [3.8, 4) is 5.75 Å². The Morgan fingerprint density at radius 1 is 1.27 bits per heavy atom. The lowest BCUT2D eigenvalue weighted by molar-refractivity contribution is -0.127. The molecule has 2 atom stereocenters. The zero-order valence-electron chi connectivity index (χ0n) is 17.2. The van der Waals surface area contributed by atoms with Crippen LogP contribution in [0, 0.1) is 0 Å². The molecule has 1 amide bonds. The fourth-order valence-corrected chi connectivity index (χ4v) is 3.87. The molecule has 0 fully saturated rings. The summed E-state index contributed by atoms with van der Waals surface area (Å²) in [5.41, 5.74) is 1.50. The minimum absolute atomic E-state index is 0.0540. The van der Waals surface area contributed by atoms with E-state index in [0.29, 0.717) is 36.4 Å². The van der Waals surface area contributed by atoms with E-state index in [1.54, 1.807) is 6.07 Å². The van der Waals surface area contributed by atoms with Crippen LogP contribution in [0.3, 0.4) is 0 Å². The van der Waals surface area contributed by atoms with Gasteiger partial charge in [-0.25, -0.2) is 4.98 Å². The maximum absolute atomic E-state index is 13.0. The van der Waals surface area contributed by atoms with Crippen LogP contribution in [0.1, 0.15) is 37.7 Å². The Morgan fingerprint density at radius 2 is 2.03 bits per heavy atom. The van der Waals surface area contributed by atoms with E-state index in [2.05, 4.69) is 15.3 Å². The fourth-order valence-electron chi connectivity index (χ4n) is 3.87. The molecule has 2 N–H and O–H groups in total. The highest BCUT2D eigenvalue weighted by atomic mass is 16.5. The van der Waals surface area contributed by atoms with Crippen molar-refractivity contribution in [2.75, 3.05) is 13.2 Å². The molecule has 2 heterocycles. The number of aromatic amines is 1. The molecular formula is C23H26N4O3. The van der Waals surface area contributed by atoms with E-state index in [9.17, 15) is 9.59 Å². The van der Waals surface area contributed by atoms with Gasteiger partial charge in [-0.3, -0.25) is 14.5 Å². The Morgan fingerprint density at radius 3 is 2.87 bits per heavy atom. The molecule has 0 aliphatic carbocycles. The summed E-state index contributed by atoms with van der Waals surface area (Å²) in [6.07, 6.45) is 0.737. The Labute approximate surface area is 175 Å². The summed E-state index contributed by atoms with van der Waals surface area (Å²) in [7, 11) is 0. The van der Waals surface area contributed by atoms with E-state index in [1.165, 1.54) is 0 Å². The summed E-state index contributed by atoms with van der Waals surface area (Å²) in [5.74, 6) is 1.32. The molecule has 4 rings (SSSR count). The topological polar surface area (TPSA) is 87.3 Å². The van der Waals surface area contributed by atoms with Gasteiger partial charge in [0.25, 0.3) is 5.56 Å². The molecule has 0 saturated carbocycles. The van der Waals surface area contributed by atoms with Gasteiger partial charge in [-0.1, -0.05) is 37.3 Å². The Bertz CT molecular complexity index is 1110. The number of amides is 1. The van der Waals surface area contributed by atoms with Gasteiger partial charge in [0.15, 0.2) is 0 Å². The van der Waals surface area contributed by atoms with Crippen molar-refractivity contribution in [2.45, 2.75) is 38.9 Å². The number of benzene rings is 2. The summed E-state index contributed by atoms with van der Waals surface area (Å²) >= 11 is 0. The number of likely N-dealkylation sites (N-methyl/N-ethyl adjacent to an activating group) is 1. The Hall–Kier alpha value is -3.19. The van der Waals surface area contributed by atoms with E-state index in [0.717, 1.165) is 17.7 Å². The monoisotopic (exact) mass is 406 g/mol. The van der Waals surface area contributed by atoms with Crippen LogP contribution in [0.5, 0.6) is 5.75 Å².